The maximum atomic E-state index is 11.8. The van der Waals surface area contributed by atoms with Crippen molar-refractivity contribution in [3.8, 4) is 0 Å². The van der Waals surface area contributed by atoms with Crippen LogP contribution in [0.1, 0.15) is 6.42 Å². The second kappa shape index (κ2) is 8.11. The average molecular weight is 280 g/mol. The fourth-order valence-corrected chi connectivity index (χ4v) is 1.68. The van der Waals surface area contributed by atoms with Crippen molar-refractivity contribution in [2.75, 3.05) is 39.0 Å². The summed E-state index contributed by atoms with van der Waals surface area (Å²) in [5.74, 6) is 0.00586. The summed E-state index contributed by atoms with van der Waals surface area (Å²) in [4.78, 5) is 23.8. The zero-order valence-electron chi connectivity index (χ0n) is 11.8. The number of para-hydroxylation sites is 2. The second-order valence-corrected chi connectivity index (χ2v) is 4.37. The molecule has 0 atom stereocenters. The second-order valence-electron chi connectivity index (χ2n) is 4.37. The number of rotatable bonds is 8. The van der Waals surface area contributed by atoms with E-state index in [0.29, 0.717) is 25.2 Å². The van der Waals surface area contributed by atoms with Gasteiger partial charge in [-0.05, 0) is 13.1 Å². The van der Waals surface area contributed by atoms with E-state index in [1.54, 1.807) is 30.1 Å². The Bertz CT molecular complexity index is 465. The smallest absolute Gasteiger partial charge is 0.292 e. The van der Waals surface area contributed by atoms with E-state index in [2.05, 4.69) is 10.6 Å². The molecular weight excluding hydrogens is 260 g/mol. The maximum Gasteiger partial charge on any atom is 0.292 e. The van der Waals surface area contributed by atoms with Crippen LogP contribution in [0.2, 0.25) is 0 Å². The number of carbonyl (C=O) groups is 1. The van der Waals surface area contributed by atoms with Gasteiger partial charge in [0.05, 0.1) is 4.92 Å². The van der Waals surface area contributed by atoms with Crippen LogP contribution >= 0.6 is 0 Å². The van der Waals surface area contributed by atoms with Gasteiger partial charge in [-0.3, -0.25) is 14.9 Å². The first kappa shape index (κ1) is 15.9. The molecule has 0 radical (unpaired) electrons. The molecule has 1 amide bonds. The Morgan fingerprint density at radius 3 is 2.70 bits per heavy atom. The fourth-order valence-electron chi connectivity index (χ4n) is 1.68. The molecule has 0 saturated carbocycles. The highest BCUT2D eigenvalue weighted by atomic mass is 16.6. The quantitative estimate of drug-likeness (QED) is 0.549. The van der Waals surface area contributed by atoms with Crippen molar-refractivity contribution >= 4 is 17.3 Å². The Labute approximate surface area is 118 Å². The van der Waals surface area contributed by atoms with Gasteiger partial charge in [0.2, 0.25) is 5.91 Å². The van der Waals surface area contributed by atoms with Crippen LogP contribution in [-0.4, -0.2) is 49.5 Å². The molecule has 1 aromatic carbocycles. The number of nitro benzene ring substituents is 1. The van der Waals surface area contributed by atoms with Crippen LogP contribution in [0.25, 0.3) is 0 Å². The van der Waals surface area contributed by atoms with Crippen molar-refractivity contribution in [1.29, 1.82) is 0 Å². The largest absolute Gasteiger partial charge is 0.379 e. The van der Waals surface area contributed by atoms with Crippen molar-refractivity contribution in [1.82, 2.24) is 10.2 Å². The van der Waals surface area contributed by atoms with E-state index in [4.69, 9.17) is 0 Å². The Balaban J connectivity index is 2.45. The summed E-state index contributed by atoms with van der Waals surface area (Å²) < 4.78 is 0. The van der Waals surface area contributed by atoms with E-state index in [1.807, 2.05) is 7.05 Å². The van der Waals surface area contributed by atoms with E-state index >= 15 is 0 Å². The number of nitrogens with one attached hydrogen (secondary N) is 2. The van der Waals surface area contributed by atoms with Gasteiger partial charge in [-0.1, -0.05) is 12.1 Å². The molecule has 7 heteroatoms. The minimum Gasteiger partial charge on any atom is -0.379 e. The summed E-state index contributed by atoms with van der Waals surface area (Å²) in [6.45, 7) is 1.74. The SMILES string of the molecule is CNCCN(C)C(=O)CCNc1ccccc1[N+](=O)[O-]. The Hall–Kier alpha value is -2.15. The standard InChI is InChI=1S/C13H20N4O3/c1-14-9-10-16(2)13(18)7-8-15-11-5-3-4-6-12(11)17(19)20/h3-6,14-15H,7-10H2,1-2H3. The van der Waals surface area contributed by atoms with Gasteiger partial charge >= 0.3 is 0 Å². The van der Waals surface area contributed by atoms with Crippen LogP contribution in [0.4, 0.5) is 11.4 Å². The van der Waals surface area contributed by atoms with Crippen molar-refractivity contribution in [3.05, 3.63) is 34.4 Å². The number of nitro groups is 1. The van der Waals surface area contributed by atoms with Crippen LogP contribution < -0.4 is 10.6 Å². The third kappa shape index (κ3) is 4.85. The predicted molar refractivity (Wildman–Crippen MR) is 77.8 cm³/mol. The van der Waals surface area contributed by atoms with Gasteiger partial charge in [0, 0.05) is 39.2 Å². The summed E-state index contributed by atoms with van der Waals surface area (Å²) in [6.07, 6.45) is 0.298. The summed E-state index contributed by atoms with van der Waals surface area (Å²) in [5.41, 5.74) is 0.451. The van der Waals surface area contributed by atoms with Crippen LogP contribution in [0.5, 0.6) is 0 Å². The van der Waals surface area contributed by atoms with Gasteiger partial charge in [0.1, 0.15) is 5.69 Å². The molecule has 0 aliphatic heterocycles. The number of benzene rings is 1. The molecule has 0 aliphatic carbocycles. The van der Waals surface area contributed by atoms with Crippen LogP contribution in [0, 0.1) is 10.1 Å². The third-order valence-corrected chi connectivity index (χ3v) is 2.88. The molecule has 0 bridgehead atoms. The van der Waals surface area contributed by atoms with Crippen molar-refractivity contribution in [2.24, 2.45) is 0 Å². The highest BCUT2D eigenvalue weighted by Gasteiger charge is 2.13. The Morgan fingerprint density at radius 1 is 1.35 bits per heavy atom. The van der Waals surface area contributed by atoms with Gasteiger partial charge in [-0.2, -0.15) is 0 Å². The lowest BCUT2D eigenvalue weighted by Crippen LogP contribution is -2.33. The third-order valence-electron chi connectivity index (χ3n) is 2.88. The average Bonchev–Trinajstić information content (AvgIpc) is 2.44. The minimum atomic E-state index is -0.441. The van der Waals surface area contributed by atoms with Gasteiger partial charge in [-0.15, -0.1) is 0 Å². The van der Waals surface area contributed by atoms with Gasteiger partial charge in [0.15, 0.2) is 0 Å². The number of hydrogen-bond acceptors (Lipinski definition) is 5. The normalized spacial score (nSPS) is 10.1. The minimum absolute atomic E-state index is 0.00586. The van der Waals surface area contributed by atoms with Gasteiger partial charge in [-0.25, -0.2) is 0 Å². The van der Waals surface area contributed by atoms with E-state index in [9.17, 15) is 14.9 Å². The lowest BCUT2D eigenvalue weighted by atomic mass is 10.2. The summed E-state index contributed by atoms with van der Waals surface area (Å²) >= 11 is 0. The first-order valence-electron chi connectivity index (χ1n) is 6.42. The van der Waals surface area contributed by atoms with E-state index in [1.165, 1.54) is 6.07 Å². The molecule has 7 nitrogen and oxygen atoms in total. The van der Waals surface area contributed by atoms with Gasteiger partial charge < -0.3 is 15.5 Å². The van der Waals surface area contributed by atoms with E-state index < -0.39 is 4.92 Å². The molecule has 0 aromatic heterocycles. The molecule has 0 aliphatic rings. The number of hydrogen-bond donors (Lipinski definition) is 2. The number of likely N-dealkylation sites (N-methyl/N-ethyl adjacent to an activating group) is 2. The lowest BCUT2D eigenvalue weighted by Gasteiger charge is -2.17. The number of amides is 1. The molecule has 2 N–H and O–H groups in total. The molecule has 20 heavy (non-hydrogen) atoms. The topological polar surface area (TPSA) is 87.5 Å². The molecule has 110 valence electrons. The predicted octanol–water partition coefficient (Wildman–Crippen LogP) is 1.07. The fraction of sp³-hybridized carbons (Fsp3) is 0.462. The molecular formula is C13H20N4O3. The molecule has 0 heterocycles. The highest BCUT2D eigenvalue weighted by molar-refractivity contribution is 5.76. The Kier molecular flexibility index (Phi) is 6.45. The number of nitrogens with zero attached hydrogens (tertiary/aromatic N) is 2. The number of anilines is 1. The Morgan fingerprint density at radius 2 is 2.05 bits per heavy atom. The monoisotopic (exact) mass is 280 g/mol. The first-order valence-corrected chi connectivity index (χ1v) is 6.42. The maximum absolute atomic E-state index is 11.8. The molecule has 1 aromatic rings. The number of carbonyl (C=O) groups excluding carboxylic acids is 1. The molecule has 0 unspecified atom stereocenters. The van der Waals surface area contributed by atoms with Crippen LogP contribution in [0.15, 0.2) is 24.3 Å². The van der Waals surface area contributed by atoms with Crippen LogP contribution in [-0.2, 0) is 4.79 Å². The van der Waals surface area contributed by atoms with Crippen molar-refractivity contribution < 1.29 is 9.72 Å². The van der Waals surface area contributed by atoms with Gasteiger partial charge in [0.25, 0.3) is 5.69 Å². The lowest BCUT2D eigenvalue weighted by molar-refractivity contribution is -0.384. The molecule has 1 rings (SSSR count). The van der Waals surface area contributed by atoms with Crippen molar-refractivity contribution in [2.45, 2.75) is 6.42 Å². The highest BCUT2D eigenvalue weighted by Crippen LogP contribution is 2.22. The summed E-state index contributed by atoms with van der Waals surface area (Å²) in [5, 5.41) is 16.7. The first-order chi connectivity index (χ1) is 9.56. The van der Waals surface area contributed by atoms with Crippen LogP contribution in [0.3, 0.4) is 0 Å². The summed E-state index contributed by atoms with van der Waals surface area (Å²) in [7, 11) is 3.57. The molecule has 0 fully saturated rings. The van der Waals surface area contributed by atoms with E-state index in [-0.39, 0.29) is 11.6 Å². The zero-order chi connectivity index (χ0) is 15.0. The van der Waals surface area contributed by atoms with Crippen molar-refractivity contribution in [3.63, 3.8) is 0 Å². The molecule has 0 spiro atoms. The van der Waals surface area contributed by atoms with E-state index in [0.717, 1.165) is 6.54 Å². The molecule has 0 saturated heterocycles. The zero-order valence-corrected chi connectivity index (χ0v) is 11.8. The summed E-state index contributed by atoms with van der Waals surface area (Å²) in [6, 6.07) is 6.40.